The zero-order valence-electron chi connectivity index (χ0n) is 8.97. The monoisotopic (exact) mass is 219 g/mol. The summed E-state index contributed by atoms with van der Waals surface area (Å²) < 4.78 is 0. The maximum atomic E-state index is 10.6. The normalized spacial score (nSPS) is 11.8. The van der Waals surface area contributed by atoms with E-state index in [2.05, 4.69) is 0 Å². The van der Waals surface area contributed by atoms with E-state index >= 15 is 0 Å². The predicted octanol–water partition coefficient (Wildman–Crippen LogP) is 1.57. The van der Waals surface area contributed by atoms with Crippen LogP contribution in [0.25, 0.3) is 0 Å². The number of benzene rings is 1. The third-order valence-electron chi connectivity index (χ3n) is 2.23. The van der Waals surface area contributed by atoms with Gasteiger partial charge in [0.25, 0.3) is 0 Å². The van der Waals surface area contributed by atoms with Crippen LogP contribution in [-0.2, 0) is 11.2 Å². The van der Waals surface area contributed by atoms with Gasteiger partial charge in [-0.05, 0) is 24.5 Å². The van der Waals surface area contributed by atoms with Gasteiger partial charge in [0, 0.05) is 6.42 Å². The lowest BCUT2D eigenvalue weighted by Crippen LogP contribution is -2.11. The van der Waals surface area contributed by atoms with E-state index in [1.807, 2.05) is 19.1 Å². The van der Waals surface area contributed by atoms with Crippen molar-refractivity contribution in [3.63, 3.8) is 0 Å². The number of rotatable bonds is 4. The van der Waals surface area contributed by atoms with Gasteiger partial charge in [0.05, 0.1) is 6.07 Å². The molecule has 16 heavy (non-hydrogen) atoms. The van der Waals surface area contributed by atoms with E-state index in [0.29, 0.717) is 18.4 Å². The summed E-state index contributed by atoms with van der Waals surface area (Å²) in [5.74, 6) is -1.27. The number of carboxylic acids is 1. The number of carbonyl (C=O) groups is 1. The Balaban J connectivity index is 2.98. The van der Waals surface area contributed by atoms with Crippen molar-refractivity contribution in [1.82, 2.24) is 0 Å². The van der Waals surface area contributed by atoms with E-state index in [4.69, 9.17) is 10.4 Å². The molecule has 0 heterocycles. The van der Waals surface area contributed by atoms with Crippen LogP contribution in [-0.4, -0.2) is 16.2 Å². The van der Waals surface area contributed by atoms with E-state index in [1.54, 1.807) is 12.1 Å². The summed E-state index contributed by atoms with van der Waals surface area (Å²) >= 11 is 0. The lowest BCUT2D eigenvalue weighted by atomic mass is 10.00. The maximum Gasteiger partial charge on any atom is 0.337 e. The van der Waals surface area contributed by atoms with Crippen molar-refractivity contribution >= 4 is 5.97 Å². The summed E-state index contributed by atoms with van der Waals surface area (Å²) in [6.45, 7) is 1.83. The second-order valence-electron chi connectivity index (χ2n) is 3.65. The Kier molecular flexibility index (Phi) is 4.03. The van der Waals surface area contributed by atoms with Gasteiger partial charge in [-0.15, -0.1) is 0 Å². The molecule has 0 aromatic heterocycles. The number of aliphatic carboxylic acids is 1. The smallest absolute Gasteiger partial charge is 0.337 e. The first-order chi connectivity index (χ1) is 7.54. The molecule has 2 N–H and O–H groups in total. The van der Waals surface area contributed by atoms with E-state index in [0.717, 1.165) is 11.1 Å². The van der Waals surface area contributed by atoms with Gasteiger partial charge in [0.1, 0.15) is 0 Å². The second kappa shape index (κ2) is 5.29. The molecule has 0 spiro atoms. The minimum absolute atomic E-state index is 0.362. The van der Waals surface area contributed by atoms with Crippen LogP contribution < -0.4 is 0 Å². The Morgan fingerprint density at radius 3 is 2.75 bits per heavy atom. The highest BCUT2D eigenvalue weighted by atomic mass is 16.4. The third-order valence-corrected chi connectivity index (χ3v) is 2.23. The van der Waals surface area contributed by atoms with Gasteiger partial charge < -0.3 is 10.2 Å². The van der Waals surface area contributed by atoms with Gasteiger partial charge in [0.2, 0.25) is 0 Å². The lowest BCUT2D eigenvalue weighted by molar-refractivity contribution is -0.146. The molecule has 4 heteroatoms. The van der Waals surface area contributed by atoms with Crippen molar-refractivity contribution in [1.29, 1.82) is 5.26 Å². The number of nitrogens with zero attached hydrogens (tertiary/aromatic N) is 1. The molecule has 0 saturated heterocycles. The Bertz CT molecular complexity index is 434. The minimum atomic E-state index is -1.50. The number of aryl methyl sites for hydroxylation is 2. The summed E-state index contributed by atoms with van der Waals surface area (Å²) in [5.41, 5.74) is 2.11. The molecule has 1 unspecified atom stereocenters. The molecule has 0 aliphatic heterocycles. The molecular formula is C12H13NO3. The minimum Gasteiger partial charge on any atom is -0.479 e. The molecule has 0 saturated carbocycles. The van der Waals surface area contributed by atoms with Crippen LogP contribution in [0.15, 0.2) is 18.2 Å². The van der Waals surface area contributed by atoms with Crippen molar-refractivity contribution in [2.45, 2.75) is 25.9 Å². The highest BCUT2D eigenvalue weighted by Gasteiger charge is 2.16. The molecule has 0 bridgehead atoms. The summed E-state index contributed by atoms with van der Waals surface area (Å²) in [5, 5.41) is 26.6. The van der Waals surface area contributed by atoms with Crippen LogP contribution in [0.3, 0.4) is 0 Å². The van der Waals surface area contributed by atoms with Gasteiger partial charge in [-0.1, -0.05) is 23.8 Å². The standard InChI is InChI=1S/C12H13NO3/c1-8-5-9(3-2-4-13)7-10(6-8)11(14)12(15)16/h5-7,11,14H,2-3H2,1H3,(H,15,16). The first kappa shape index (κ1) is 12.2. The highest BCUT2D eigenvalue weighted by Crippen LogP contribution is 2.18. The number of hydrogen-bond donors (Lipinski definition) is 2. The van der Waals surface area contributed by atoms with Crippen LogP contribution in [0.4, 0.5) is 0 Å². The summed E-state index contributed by atoms with van der Waals surface area (Å²) in [4.78, 5) is 10.6. The van der Waals surface area contributed by atoms with Gasteiger partial charge in [0.15, 0.2) is 6.10 Å². The third kappa shape index (κ3) is 3.07. The summed E-state index contributed by atoms with van der Waals surface area (Å²) in [6.07, 6.45) is -0.551. The number of aliphatic hydroxyl groups is 1. The van der Waals surface area contributed by atoms with E-state index < -0.39 is 12.1 Å². The second-order valence-corrected chi connectivity index (χ2v) is 3.65. The molecule has 0 aliphatic rings. The van der Waals surface area contributed by atoms with E-state index in [1.165, 1.54) is 0 Å². The van der Waals surface area contributed by atoms with E-state index in [-0.39, 0.29) is 0 Å². The topological polar surface area (TPSA) is 81.3 Å². The number of aliphatic hydroxyl groups excluding tert-OH is 1. The van der Waals surface area contributed by atoms with Crippen LogP contribution >= 0.6 is 0 Å². The first-order valence-corrected chi connectivity index (χ1v) is 4.93. The zero-order valence-corrected chi connectivity index (χ0v) is 8.97. The molecule has 0 radical (unpaired) electrons. The van der Waals surface area contributed by atoms with Gasteiger partial charge >= 0.3 is 5.97 Å². The van der Waals surface area contributed by atoms with Crippen molar-refractivity contribution < 1.29 is 15.0 Å². The molecule has 1 aromatic carbocycles. The Morgan fingerprint density at radius 1 is 1.50 bits per heavy atom. The molecule has 1 atom stereocenters. The van der Waals surface area contributed by atoms with Crippen LogP contribution in [0.2, 0.25) is 0 Å². The molecule has 1 aromatic rings. The van der Waals surface area contributed by atoms with Gasteiger partial charge in [-0.25, -0.2) is 4.79 Å². The molecule has 4 nitrogen and oxygen atoms in total. The molecule has 0 aliphatic carbocycles. The fourth-order valence-corrected chi connectivity index (χ4v) is 1.54. The summed E-state index contributed by atoms with van der Waals surface area (Å²) in [6, 6.07) is 7.17. The SMILES string of the molecule is Cc1cc(CCC#N)cc(C(O)C(=O)O)c1. The predicted molar refractivity (Wildman–Crippen MR) is 57.7 cm³/mol. The van der Waals surface area contributed by atoms with Crippen LogP contribution in [0, 0.1) is 18.3 Å². The fourth-order valence-electron chi connectivity index (χ4n) is 1.54. The van der Waals surface area contributed by atoms with Crippen LogP contribution in [0.5, 0.6) is 0 Å². The number of carboxylic acid groups (broad SMARTS) is 1. The fraction of sp³-hybridized carbons (Fsp3) is 0.333. The van der Waals surface area contributed by atoms with Gasteiger partial charge in [-0.3, -0.25) is 0 Å². The zero-order chi connectivity index (χ0) is 12.1. The highest BCUT2D eigenvalue weighted by molar-refractivity contribution is 5.74. The molecule has 0 amide bonds. The maximum absolute atomic E-state index is 10.6. The Morgan fingerprint density at radius 2 is 2.19 bits per heavy atom. The average molecular weight is 219 g/mol. The largest absolute Gasteiger partial charge is 0.479 e. The summed E-state index contributed by atoms with van der Waals surface area (Å²) in [7, 11) is 0. The first-order valence-electron chi connectivity index (χ1n) is 4.93. The van der Waals surface area contributed by atoms with Gasteiger partial charge in [-0.2, -0.15) is 5.26 Å². The Labute approximate surface area is 93.8 Å². The molecule has 84 valence electrons. The van der Waals surface area contributed by atoms with Crippen molar-refractivity contribution in [2.75, 3.05) is 0 Å². The van der Waals surface area contributed by atoms with Crippen LogP contribution in [0.1, 0.15) is 29.2 Å². The average Bonchev–Trinajstić information content (AvgIpc) is 2.24. The number of hydrogen-bond acceptors (Lipinski definition) is 3. The quantitative estimate of drug-likeness (QED) is 0.805. The van der Waals surface area contributed by atoms with E-state index in [9.17, 15) is 9.90 Å². The van der Waals surface area contributed by atoms with Crippen molar-refractivity contribution in [3.8, 4) is 6.07 Å². The molecular weight excluding hydrogens is 206 g/mol. The Hall–Kier alpha value is -1.86. The number of nitriles is 1. The molecule has 0 fully saturated rings. The van der Waals surface area contributed by atoms with Crippen molar-refractivity contribution in [3.05, 3.63) is 34.9 Å². The van der Waals surface area contributed by atoms with Crippen molar-refractivity contribution in [2.24, 2.45) is 0 Å². The lowest BCUT2D eigenvalue weighted by Gasteiger charge is -2.09. The molecule has 1 rings (SSSR count).